The van der Waals surface area contributed by atoms with E-state index in [0.29, 0.717) is 0 Å². The molecule has 3 nitrogen and oxygen atoms in total. The van der Waals surface area contributed by atoms with Gasteiger partial charge < -0.3 is 5.11 Å². The van der Waals surface area contributed by atoms with Gasteiger partial charge in [-0.2, -0.15) is 0 Å². The lowest BCUT2D eigenvalue weighted by molar-refractivity contribution is 0.00578. The quantitative estimate of drug-likeness (QED) is 0.729. The zero-order chi connectivity index (χ0) is 10.8. The average Bonchev–Trinajstić information content (AvgIpc) is 2.01. The van der Waals surface area contributed by atoms with Crippen molar-refractivity contribution in [3.05, 3.63) is 0 Å². The highest BCUT2D eigenvalue weighted by Gasteiger charge is 2.32. The molecule has 3 heteroatoms. The third-order valence-electron chi connectivity index (χ3n) is 3.06. The first-order valence-electron chi connectivity index (χ1n) is 5.61. The summed E-state index contributed by atoms with van der Waals surface area (Å²) in [4.78, 5) is 4.86. The topological polar surface area (TPSA) is 26.7 Å². The molecule has 0 aromatic rings. The number of hydrogen-bond acceptors (Lipinski definition) is 3. The minimum Gasteiger partial charge on any atom is -0.392 e. The first-order valence-corrected chi connectivity index (χ1v) is 5.61. The van der Waals surface area contributed by atoms with Crippen LogP contribution in [0.5, 0.6) is 0 Å². The second-order valence-electron chi connectivity index (χ2n) is 4.98. The van der Waals surface area contributed by atoms with Gasteiger partial charge in [-0.3, -0.25) is 9.80 Å². The van der Waals surface area contributed by atoms with E-state index in [1.165, 1.54) is 0 Å². The monoisotopic (exact) mass is 200 g/mol. The third-order valence-corrected chi connectivity index (χ3v) is 3.06. The minimum absolute atomic E-state index is 0.209. The summed E-state index contributed by atoms with van der Waals surface area (Å²) in [5.74, 6) is 0. The maximum atomic E-state index is 9.34. The Bertz CT molecular complexity index is 180. The molecule has 0 aromatic carbocycles. The van der Waals surface area contributed by atoms with Gasteiger partial charge in [0.05, 0.1) is 6.10 Å². The SMILES string of the molecule is CCN1CCN(CC(C)O)CC1(C)C. The lowest BCUT2D eigenvalue weighted by atomic mass is 9.98. The molecule has 0 amide bonds. The van der Waals surface area contributed by atoms with Crippen molar-refractivity contribution in [2.75, 3.05) is 32.7 Å². The van der Waals surface area contributed by atoms with Gasteiger partial charge in [-0.1, -0.05) is 6.92 Å². The van der Waals surface area contributed by atoms with E-state index in [4.69, 9.17) is 0 Å². The molecule has 1 unspecified atom stereocenters. The van der Waals surface area contributed by atoms with Gasteiger partial charge in [0.2, 0.25) is 0 Å². The Morgan fingerprint density at radius 3 is 2.43 bits per heavy atom. The highest BCUT2D eigenvalue weighted by molar-refractivity contribution is 4.89. The first kappa shape index (κ1) is 12.0. The number of hydrogen-bond donors (Lipinski definition) is 1. The van der Waals surface area contributed by atoms with Crippen molar-refractivity contribution in [3.8, 4) is 0 Å². The van der Waals surface area contributed by atoms with Crippen LogP contribution in [0.2, 0.25) is 0 Å². The molecule has 0 spiro atoms. The Morgan fingerprint density at radius 1 is 1.36 bits per heavy atom. The predicted octanol–water partition coefficient (Wildman–Crippen LogP) is 0.783. The fraction of sp³-hybridized carbons (Fsp3) is 1.00. The van der Waals surface area contributed by atoms with E-state index >= 15 is 0 Å². The Hall–Kier alpha value is -0.120. The molecule has 0 bridgehead atoms. The summed E-state index contributed by atoms with van der Waals surface area (Å²) in [6.07, 6.45) is -0.209. The van der Waals surface area contributed by atoms with Crippen LogP contribution in [0.3, 0.4) is 0 Å². The molecule has 1 aliphatic rings. The Balaban J connectivity index is 2.49. The molecule has 1 fully saturated rings. The molecule has 84 valence electrons. The number of aliphatic hydroxyl groups is 1. The number of nitrogens with zero attached hydrogens (tertiary/aromatic N) is 2. The van der Waals surface area contributed by atoms with Crippen molar-refractivity contribution >= 4 is 0 Å². The van der Waals surface area contributed by atoms with Crippen LogP contribution in [-0.2, 0) is 0 Å². The Kier molecular flexibility index (Phi) is 3.93. The molecule has 0 radical (unpaired) electrons. The third kappa shape index (κ3) is 2.94. The molecule has 1 aliphatic heterocycles. The highest BCUT2D eigenvalue weighted by atomic mass is 16.3. The van der Waals surface area contributed by atoms with Gasteiger partial charge >= 0.3 is 0 Å². The molecule has 14 heavy (non-hydrogen) atoms. The van der Waals surface area contributed by atoms with Gasteiger partial charge in [0.25, 0.3) is 0 Å². The van der Waals surface area contributed by atoms with E-state index < -0.39 is 0 Å². The van der Waals surface area contributed by atoms with Crippen LogP contribution in [-0.4, -0.2) is 59.3 Å². The molecule has 1 saturated heterocycles. The molecule has 0 saturated carbocycles. The van der Waals surface area contributed by atoms with Crippen molar-refractivity contribution < 1.29 is 5.11 Å². The highest BCUT2D eigenvalue weighted by Crippen LogP contribution is 2.20. The van der Waals surface area contributed by atoms with Crippen LogP contribution >= 0.6 is 0 Å². The normalized spacial score (nSPS) is 26.4. The van der Waals surface area contributed by atoms with E-state index in [0.717, 1.165) is 32.7 Å². The van der Waals surface area contributed by atoms with Crippen LogP contribution in [0.15, 0.2) is 0 Å². The number of piperazine rings is 1. The number of rotatable bonds is 3. The molecular formula is C11H24N2O. The molecule has 0 aliphatic carbocycles. The molecule has 0 aromatic heterocycles. The second kappa shape index (κ2) is 4.60. The van der Waals surface area contributed by atoms with Gasteiger partial charge in [-0.05, 0) is 27.3 Å². The van der Waals surface area contributed by atoms with Crippen molar-refractivity contribution in [1.29, 1.82) is 0 Å². The summed E-state index contributed by atoms with van der Waals surface area (Å²) in [6.45, 7) is 13.8. The van der Waals surface area contributed by atoms with E-state index in [1.807, 2.05) is 6.92 Å². The van der Waals surface area contributed by atoms with Gasteiger partial charge in [0.1, 0.15) is 0 Å². The predicted molar refractivity (Wildman–Crippen MR) is 59.4 cm³/mol. The lowest BCUT2D eigenvalue weighted by Gasteiger charge is -2.47. The van der Waals surface area contributed by atoms with Crippen LogP contribution in [0.1, 0.15) is 27.7 Å². The van der Waals surface area contributed by atoms with Crippen molar-refractivity contribution in [3.63, 3.8) is 0 Å². The minimum atomic E-state index is -0.209. The van der Waals surface area contributed by atoms with Gasteiger partial charge in [0, 0.05) is 31.7 Å². The fourth-order valence-electron chi connectivity index (χ4n) is 2.41. The fourth-order valence-corrected chi connectivity index (χ4v) is 2.41. The Labute approximate surface area is 87.7 Å². The van der Waals surface area contributed by atoms with E-state index in [-0.39, 0.29) is 11.6 Å². The van der Waals surface area contributed by atoms with Crippen LogP contribution in [0.25, 0.3) is 0 Å². The summed E-state index contributed by atoms with van der Waals surface area (Å²) in [5, 5.41) is 9.34. The maximum Gasteiger partial charge on any atom is 0.0639 e. The van der Waals surface area contributed by atoms with Crippen LogP contribution in [0.4, 0.5) is 0 Å². The summed E-state index contributed by atoms with van der Waals surface area (Å²) < 4.78 is 0. The Morgan fingerprint density at radius 2 is 2.00 bits per heavy atom. The van der Waals surface area contributed by atoms with Gasteiger partial charge in [0.15, 0.2) is 0 Å². The number of aliphatic hydroxyl groups excluding tert-OH is 1. The number of likely N-dealkylation sites (N-methyl/N-ethyl adjacent to an activating group) is 1. The molecule has 1 N–H and O–H groups in total. The van der Waals surface area contributed by atoms with Gasteiger partial charge in [-0.25, -0.2) is 0 Å². The van der Waals surface area contributed by atoms with Gasteiger partial charge in [-0.15, -0.1) is 0 Å². The smallest absolute Gasteiger partial charge is 0.0639 e. The zero-order valence-corrected chi connectivity index (χ0v) is 9.95. The first-order chi connectivity index (χ1) is 6.45. The summed E-state index contributed by atoms with van der Waals surface area (Å²) in [6, 6.07) is 0. The van der Waals surface area contributed by atoms with Crippen LogP contribution in [0, 0.1) is 0 Å². The molecular weight excluding hydrogens is 176 g/mol. The second-order valence-corrected chi connectivity index (χ2v) is 4.98. The molecule has 1 heterocycles. The van der Waals surface area contributed by atoms with E-state index in [2.05, 4.69) is 30.6 Å². The molecule has 1 atom stereocenters. The average molecular weight is 200 g/mol. The largest absolute Gasteiger partial charge is 0.392 e. The van der Waals surface area contributed by atoms with Crippen molar-refractivity contribution in [2.24, 2.45) is 0 Å². The summed E-state index contributed by atoms with van der Waals surface area (Å²) >= 11 is 0. The van der Waals surface area contributed by atoms with Crippen molar-refractivity contribution in [1.82, 2.24) is 9.80 Å². The van der Waals surface area contributed by atoms with Crippen molar-refractivity contribution in [2.45, 2.75) is 39.3 Å². The van der Waals surface area contributed by atoms with E-state index in [1.54, 1.807) is 0 Å². The maximum absolute atomic E-state index is 9.34. The molecule has 1 rings (SSSR count). The van der Waals surface area contributed by atoms with Crippen LogP contribution < -0.4 is 0 Å². The number of β-amino-alcohol motifs (C(OH)–C–C–N with tert-alkyl or cyclic N) is 1. The van der Waals surface area contributed by atoms with E-state index in [9.17, 15) is 5.11 Å². The summed E-state index contributed by atoms with van der Waals surface area (Å²) in [5.41, 5.74) is 0.252. The summed E-state index contributed by atoms with van der Waals surface area (Å²) in [7, 11) is 0. The standard InChI is InChI=1S/C11H24N2O/c1-5-13-7-6-12(8-10(2)14)9-11(13,3)4/h10,14H,5-9H2,1-4H3. The lowest BCUT2D eigenvalue weighted by Crippen LogP contribution is -2.59. The zero-order valence-electron chi connectivity index (χ0n) is 9.95.